The van der Waals surface area contributed by atoms with Gasteiger partial charge in [-0.25, -0.2) is 4.98 Å². The minimum atomic E-state index is 0.153. The molecule has 1 atom stereocenters. The highest BCUT2D eigenvalue weighted by atomic mass is 32.1. The van der Waals surface area contributed by atoms with Crippen LogP contribution in [0.5, 0.6) is 5.75 Å². The van der Waals surface area contributed by atoms with E-state index in [4.69, 9.17) is 4.74 Å². The first-order chi connectivity index (χ1) is 11.6. The van der Waals surface area contributed by atoms with Gasteiger partial charge in [-0.2, -0.15) is 0 Å². The lowest BCUT2D eigenvalue weighted by Crippen LogP contribution is -2.52. The van der Waals surface area contributed by atoms with Crippen LogP contribution in [-0.4, -0.2) is 41.5 Å². The van der Waals surface area contributed by atoms with Gasteiger partial charge < -0.3 is 15.0 Å². The highest BCUT2D eigenvalue weighted by Gasteiger charge is 2.23. The third kappa shape index (κ3) is 4.33. The van der Waals surface area contributed by atoms with Gasteiger partial charge in [-0.3, -0.25) is 4.79 Å². The summed E-state index contributed by atoms with van der Waals surface area (Å²) in [5.41, 5.74) is 2.04. The Morgan fingerprint density at radius 2 is 2.21 bits per heavy atom. The Bertz CT molecular complexity index is 684. The fourth-order valence-corrected chi connectivity index (χ4v) is 3.45. The van der Waals surface area contributed by atoms with E-state index < -0.39 is 0 Å². The minimum absolute atomic E-state index is 0.153. The topological polar surface area (TPSA) is 54.5 Å². The summed E-state index contributed by atoms with van der Waals surface area (Å²) in [5, 5.41) is 6.15. The van der Waals surface area contributed by atoms with E-state index in [0.29, 0.717) is 13.0 Å². The molecule has 1 saturated heterocycles. The molecule has 1 unspecified atom stereocenters. The van der Waals surface area contributed by atoms with Gasteiger partial charge >= 0.3 is 0 Å². The van der Waals surface area contributed by atoms with Gasteiger partial charge in [-0.15, -0.1) is 11.3 Å². The predicted octanol–water partition coefficient (Wildman–Crippen LogP) is 2.39. The molecule has 1 aliphatic rings. The first-order valence-corrected chi connectivity index (χ1v) is 9.13. The lowest BCUT2D eigenvalue weighted by Gasteiger charge is -2.33. The van der Waals surface area contributed by atoms with Crippen LogP contribution in [-0.2, 0) is 17.8 Å². The first-order valence-electron chi connectivity index (χ1n) is 8.25. The van der Waals surface area contributed by atoms with Crippen molar-refractivity contribution in [1.82, 2.24) is 15.2 Å². The highest BCUT2D eigenvalue weighted by molar-refractivity contribution is 7.09. The first kappa shape index (κ1) is 16.9. The van der Waals surface area contributed by atoms with Crippen molar-refractivity contribution in [2.75, 3.05) is 19.6 Å². The molecule has 2 aromatic rings. The largest absolute Gasteiger partial charge is 0.486 e. The van der Waals surface area contributed by atoms with Crippen LogP contribution >= 0.6 is 11.3 Å². The maximum absolute atomic E-state index is 12.4. The van der Waals surface area contributed by atoms with Crippen LogP contribution in [0.25, 0.3) is 0 Å². The number of aromatic nitrogens is 1. The maximum atomic E-state index is 12.4. The molecule has 2 heterocycles. The number of nitrogens with zero attached hydrogens (tertiary/aromatic N) is 2. The smallest absolute Gasteiger partial charge is 0.228 e. The molecule has 0 saturated carbocycles. The summed E-state index contributed by atoms with van der Waals surface area (Å²) < 4.78 is 5.74. The van der Waals surface area contributed by atoms with Crippen LogP contribution in [0.3, 0.4) is 0 Å². The Morgan fingerprint density at radius 1 is 1.42 bits per heavy atom. The van der Waals surface area contributed by atoms with Crippen LogP contribution in [0.2, 0.25) is 0 Å². The molecule has 0 radical (unpaired) electrons. The zero-order valence-electron chi connectivity index (χ0n) is 14.1. The Balaban J connectivity index is 1.53. The summed E-state index contributed by atoms with van der Waals surface area (Å²) in [6, 6.07) is 8.21. The van der Waals surface area contributed by atoms with Crippen molar-refractivity contribution in [2.45, 2.75) is 32.9 Å². The molecule has 1 aliphatic heterocycles. The van der Waals surface area contributed by atoms with Gasteiger partial charge in [0.1, 0.15) is 17.4 Å². The second kappa shape index (κ2) is 7.77. The number of thiazole rings is 1. The van der Waals surface area contributed by atoms with Crippen LogP contribution in [0.4, 0.5) is 0 Å². The molecule has 0 spiro atoms. The van der Waals surface area contributed by atoms with Gasteiger partial charge in [0.25, 0.3) is 0 Å². The molecular formula is C18H23N3O2S. The van der Waals surface area contributed by atoms with E-state index in [0.717, 1.165) is 36.1 Å². The van der Waals surface area contributed by atoms with Crippen molar-refractivity contribution >= 4 is 17.2 Å². The van der Waals surface area contributed by atoms with Crippen molar-refractivity contribution < 1.29 is 9.53 Å². The van der Waals surface area contributed by atoms with Gasteiger partial charge in [0.05, 0.1) is 12.1 Å². The second-order valence-corrected chi connectivity index (χ2v) is 7.09. The number of hydrogen-bond donors (Lipinski definition) is 1. The van der Waals surface area contributed by atoms with E-state index in [1.165, 1.54) is 5.56 Å². The van der Waals surface area contributed by atoms with E-state index in [-0.39, 0.29) is 11.9 Å². The molecule has 1 fully saturated rings. The molecule has 1 N–H and O–H groups in total. The van der Waals surface area contributed by atoms with Crippen molar-refractivity contribution in [1.29, 1.82) is 0 Å². The summed E-state index contributed by atoms with van der Waals surface area (Å²) in [5.74, 6) is 0.989. The Hall–Kier alpha value is -1.92. The zero-order valence-corrected chi connectivity index (χ0v) is 14.9. The summed E-state index contributed by atoms with van der Waals surface area (Å²) >= 11 is 1.54. The van der Waals surface area contributed by atoms with Crippen LogP contribution in [0.1, 0.15) is 23.2 Å². The van der Waals surface area contributed by atoms with Crippen molar-refractivity contribution in [3.63, 3.8) is 0 Å². The average molecular weight is 345 g/mol. The van der Waals surface area contributed by atoms with Gasteiger partial charge in [0.2, 0.25) is 5.91 Å². The van der Waals surface area contributed by atoms with Gasteiger partial charge in [0.15, 0.2) is 0 Å². The normalized spacial score (nSPS) is 17.8. The Kier molecular flexibility index (Phi) is 5.48. The van der Waals surface area contributed by atoms with E-state index >= 15 is 0 Å². The standard InChI is InChI=1S/C18H23N3O2S/c1-13-3-5-16(6-4-13)23-11-17-20-15(12-24-17)9-18(22)21-8-7-19-10-14(21)2/h3-6,12,14,19H,7-11H2,1-2H3. The fourth-order valence-electron chi connectivity index (χ4n) is 2.74. The van der Waals surface area contributed by atoms with Gasteiger partial charge in [-0.05, 0) is 26.0 Å². The average Bonchev–Trinajstić information content (AvgIpc) is 3.02. The lowest BCUT2D eigenvalue weighted by atomic mass is 10.2. The molecule has 24 heavy (non-hydrogen) atoms. The van der Waals surface area contributed by atoms with Crippen molar-refractivity contribution in [2.24, 2.45) is 0 Å². The number of aryl methyl sites for hydroxylation is 1. The Labute approximate surface area is 146 Å². The number of carbonyl (C=O) groups excluding carboxylic acids is 1. The Morgan fingerprint density at radius 3 is 2.96 bits per heavy atom. The molecular weight excluding hydrogens is 322 g/mol. The summed E-state index contributed by atoms with van der Waals surface area (Å²) in [6.45, 7) is 7.06. The minimum Gasteiger partial charge on any atom is -0.486 e. The predicted molar refractivity (Wildman–Crippen MR) is 95.4 cm³/mol. The number of ether oxygens (including phenoxy) is 1. The van der Waals surface area contributed by atoms with Crippen molar-refractivity contribution in [3.05, 3.63) is 45.9 Å². The number of hydrogen-bond acceptors (Lipinski definition) is 5. The quantitative estimate of drug-likeness (QED) is 0.904. The van der Waals surface area contributed by atoms with Gasteiger partial charge in [-0.1, -0.05) is 17.7 Å². The molecule has 1 aromatic heterocycles. The molecule has 0 bridgehead atoms. The molecule has 5 nitrogen and oxygen atoms in total. The number of rotatable bonds is 5. The van der Waals surface area contributed by atoms with Crippen LogP contribution in [0.15, 0.2) is 29.6 Å². The second-order valence-electron chi connectivity index (χ2n) is 6.15. The molecule has 0 aliphatic carbocycles. The molecule has 6 heteroatoms. The fraction of sp³-hybridized carbons (Fsp3) is 0.444. The molecule has 1 amide bonds. The number of amides is 1. The number of nitrogens with one attached hydrogen (secondary N) is 1. The zero-order chi connectivity index (χ0) is 16.9. The number of benzene rings is 1. The summed E-state index contributed by atoms with van der Waals surface area (Å²) in [7, 11) is 0. The van der Waals surface area contributed by atoms with E-state index in [1.54, 1.807) is 11.3 Å². The summed E-state index contributed by atoms with van der Waals surface area (Å²) in [6.07, 6.45) is 0.366. The third-order valence-electron chi connectivity index (χ3n) is 4.14. The van der Waals surface area contributed by atoms with Crippen LogP contribution < -0.4 is 10.1 Å². The molecule has 3 rings (SSSR count). The highest BCUT2D eigenvalue weighted by Crippen LogP contribution is 2.17. The van der Waals surface area contributed by atoms with Gasteiger partial charge in [0, 0.05) is 31.1 Å². The summed E-state index contributed by atoms with van der Waals surface area (Å²) in [4.78, 5) is 18.9. The van der Waals surface area contributed by atoms with E-state index in [1.807, 2.05) is 41.5 Å². The number of piperazine rings is 1. The molecule has 1 aromatic carbocycles. The third-order valence-corrected chi connectivity index (χ3v) is 5.01. The van der Waals surface area contributed by atoms with Crippen LogP contribution in [0, 0.1) is 6.92 Å². The SMILES string of the molecule is Cc1ccc(OCc2nc(CC(=O)N3CCNCC3C)cs2)cc1. The monoisotopic (exact) mass is 345 g/mol. The van der Waals surface area contributed by atoms with E-state index in [2.05, 4.69) is 17.2 Å². The lowest BCUT2D eigenvalue weighted by molar-refractivity contribution is -0.133. The van der Waals surface area contributed by atoms with Crippen molar-refractivity contribution in [3.8, 4) is 5.75 Å². The maximum Gasteiger partial charge on any atom is 0.228 e. The molecule has 128 valence electrons. The van der Waals surface area contributed by atoms with E-state index in [9.17, 15) is 4.79 Å². The number of carbonyl (C=O) groups is 1.